The van der Waals surface area contributed by atoms with Gasteiger partial charge in [0.25, 0.3) is 0 Å². The maximum absolute atomic E-state index is 11.3. The van der Waals surface area contributed by atoms with Crippen molar-refractivity contribution in [2.24, 2.45) is 5.41 Å². The van der Waals surface area contributed by atoms with Crippen molar-refractivity contribution < 1.29 is 19.4 Å². The van der Waals surface area contributed by atoms with Crippen LogP contribution in [0.2, 0.25) is 0 Å². The lowest BCUT2D eigenvalue weighted by Crippen LogP contribution is -2.37. The van der Waals surface area contributed by atoms with Crippen molar-refractivity contribution in [2.75, 3.05) is 40.0 Å². The van der Waals surface area contributed by atoms with E-state index in [1.54, 1.807) is 0 Å². The molecule has 0 saturated heterocycles. The first-order valence-corrected chi connectivity index (χ1v) is 5.52. The first kappa shape index (κ1) is 15.3. The van der Waals surface area contributed by atoms with Gasteiger partial charge in [-0.05, 0) is 26.8 Å². The standard InChI is InChI=1S/C11H23NO4/c1-11(2,10(14)15-3)9-12-5-4-7-16-8-6-13/h12-13H,4-9H2,1-3H3. The smallest absolute Gasteiger partial charge is 0.312 e. The van der Waals surface area contributed by atoms with Crippen LogP contribution >= 0.6 is 0 Å². The number of methoxy groups -OCH3 is 1. The Labute approximate surface area is 97.1 Å². The number of rotatable bonds is 9. The summed E-state index contributed by atoms with van der Waals surface area (Å²) >= 11 is 0. The Kier molecular flexibility index (Phi) is 8.15. The monoisotopic (exact) mass is 233 g/mol. The van der Waals surface area contributed by atoms with Gasteiger partial charge in [-0.25, -0.2) is 0 Å². The summed E-state index contributed by atoms with van der Waals surface area (Å²) in [4.78, 5) is 11.3. The average molecular weight is 233 g/mol. The molecule has 0 fully saturated rings. The summed E-state index contributed by atoms with van der Waals surface area (Å²) in [6.45, 7) is 6.11. The summed E-state index contributed by atoms with van der Waals surface area (Å²) in [6.07, 6.45) is 0.858. The summed E-state index contributed by atoms with van der Waals surface area (Å²) in [5.41, 5.74) is -0.499. The van der Waals surface area contributed by atoms with Gasteiger partial charge in [0.2, 0.25) is 0 Å². The van der Waals surface area contributed by atoms with Gasteiger partial charge in [-0.3, -0.25) is 4.79 Å². The molecule has 0 saturated carbocycles. The highest BCUT2D eigenvalue weighted by atomic mass is 16.5. The van der Waals surface area contributed by atoms with Gasteiger partial charge in [-0.15, -0.1) is 0 Å². The van der Waals surface area contributed by atoms with Crippen LogP contribution in [0.5, 0.6) is 0 Å². The Morgan fingerprint density at radius 3 is 2.62 bits per heavy atom. The molecule has 0 heterocycles. The number of aliphatic hydroxyl groups is 1. The van der Waals surface area contributed by atoms with E-state index in [4.69, 9.17) is 14.6 Å². The second kappa shape index (κ2) is 8.50. The number of nitrogens with one attached hydrogen (secondary N) is 1. The van der Waals surface area contributed by atoms with Gasteiger partial charge in [0.05, 0.1) is 25.7 Å². The lowest BCUT2D eigenvalue weighted by molar-refractivity contribution is -0.150. The first-order chi connectivity index (χ1) is 7.54. The van der Waals surface area contributed by atoms with Gasteiger partial charge in [0.15, 0.2) is 0 Å². The van der Waals surface area contributed by atoms with E-state index in [-0.39, 0.29) is 12.6 Å². The first-order valence-electron chi connectivity index (χ1n) is 5.52. The molecule has 0 aromatic carbocycles. The molecule has 0 rings (SSSR count). The van der Waals surface area contributed by atoms with Crippen molar-refractivity contribution in [1.29, 1.82) is 0 Å². The fourth-order valence-corrected chi connectivity index (χ4v) is 1.22. The molecule has 0 amide bonds. The number of aliphatic hydroxyl groups excluding tert-OH is 1. The Hall–Kier alpha value is -0.650. The van der Waals surface area contributed by atoms with Crippen LogP contribution in [0, 0.1) is 5.41 Å². The van der Waals surface area contributed by atoms with E-state index >= 15 is 0 Å². The minimum absolute atomic E-state index is 0.0583. The molecule has 16 heavy (non-hydrogen) atoms. The molecule has 0 spiro atoms. The zero-order valence-electron chi connectivity index (χ0n) is 10.4. The average Bonchev–Trinajstić information content (AvgIpc) is 2.26. The third-order valence-electron chi connectivity index (χ3n) is 2.18. The maximum Gasteiger partial charge on any atom is 0.312 e. The van der Waals surface area contributed by atoms with Crippen LogP contribution in [0.3, 0.4) is 0 Å². The lowest BCUT2D eigenvalue weighted by Gasteiger charge is -2.21. The van der Waals surface area contributed by atoms with Crippen LogP contribution in [-0.2, 0) is 14.3 Å². The summed E-state index contributed by atoms with van der Waals surface area (Å²) in [5.74, 6) is -0.212. The maximum atomic E-state index is 11.3. The van der Waals surface area contributed by atoms with E-state index in [2.05, 4.69) is 5.32 Å². The van der Waals surface area contributed by atoms with Crippen molar-refractivity contribution in [3.8, 4) is 0 Å². The zero-order chi connectivity index (χ0) is 12.4. The molecule has 0 aliphatic rings. The summed E-state index contributed by atoms with van der Waals surface area (Å²) in [6, 6.07) is 0. The lowest BCUT2D eigenvalue weighted by atomic mass is 9.94. The minimum Gasteiger partial charge on any atom is -0.469 e. The Balaban J connectivity index is 3.47. The highest BCUT2D eigenvalue weighted by molar-refractivity contribution is 5.75. The van der Waals surface area contributed by atoms with Crippen LogP contribution in [-0.4, -0.2) is 51.1 Å². The van der Waals surface area contributed by atoms with E-state index in [9.17, 15) is 4.79 Å². The van der Waals surface area contributed by atoms with E-state index in [1.165, 1.54) is 7.11 Å². The molecule has 96 valence electrons. The summed E-state index contributed by atoms with van der Waals surface area (Å²) in [5, 5.41) is 11.6. The molecule has 5 nitrogen and oxygen atoms in total. The molecule has 2 N–H and O–H groups in total. The zero-order valence-corrected chi connectivity index (χ0v) is 10.4. The Morgan fingerprint density at radius 1 is 1.38 bits per heavy atom. The van der Waals surface area contributed by atoms with Gasteiger partial charge in [0.1, 0.15) is 0 Å². The van der Waals surface area contributed by atoms with Gasteiger partial charge in [0, 0.05) is 13.2 Å². The fraction of sp³-hybridized carbons (Fsp3) is 0.909. The van der Waals surface area contributed by atoms with Gasteiger partial charge >= 0.3 is 5.97 Å². The second-order valence-electron chi connectivity index (χ2n) is 4.24. The molecule has 0 aliphatic heterocycles. The molecule has 0 atom stereocenters. The van der Waals surface area contributed by atoms with Crippen molar-refractivity contribution >= 4 is 5.97 Å². The van der Waals surface area contributed by atoms with Gasteiger partial charge in [-0.1, -0.05) is 0 Å². The van der Waals surface area contributed by atoms with E-state index in [0.29, 0.717) is 19.8 Å². The van der Waals surface area contributed by atoms with Crippen molar-refractivity contribution in [1.82, 2.24) is 5.32 Å². The predicted octanol–water partition coefficient (Wildman–Crippen LogP) is 0.174. The van der Waals surface area contributed by atoms with Crippen LogP contribution in [0.4, 0.5) is 0 Å². The number of ether oxygens (including phenoxy) is 2. The molecule has 5 heteroatoms. The summed E-state index contributed by atoms with van der Waals surface area (Å²) < 4.78 is 9.80. The molecule has 0 aliphatic carbocycles. The summed E-state index contributed by atoms with van der Waals surface area (Å²) in [7, 11) is 1.40. The van der Waals surface area contributed by atoms with Crippen molar-refractivity contribution in [2.45, 2.75) is 20.3 Å². The topological polar surface area (TPSA) is 67.8 Å². The van der Waals surface area contributed by atoms with Crippen LogP contribution in [0.25, 0.3) is 0 Å². The van der Waals surface area contributed by atoms with Crippen LogP contribution in [0.15, 0.2) is 0 Å². The van der Waals surface area contributed by atoms with E-state index < -0.39 is 5.41 Å². The third-order valence-corrected chi connectivity index (χ3v) is 2.18. The normalized spacial score (nSPS) is 11.5. The third kappa shape index (κ3) is 6.76. The predicted molar refractivity (Wildman–Crippen MR) is 61.2 cm³/mol. The van der Waals surface area contributed by atoms with E-state index in [1.807, 2.05) is 13.8 Å². The number of esters is 1. The molecule has 0 unspecified atom stereocenters. The van der Waals surface area contributed by atoms with Gasteiger partial charge in [-0.2, -0.15) is 0 Å². The Bertz CT molecular complexity index is 194. The quantitative estimate of drug-likeness (QED) is 0.439. The van der Waals surface area contributed by atoms with E-state index in [0.717, 1.165) is 13.0 Å². The number of hydrogen-bond acceptors (Lipinski definition) is 5. The molecule has 0 bridgehead atoms. The highest BCUT2D eigenvalue weighted by Crippen LogP contribution is 2.14. The highest BCUT2D eigenvalue weighted by Gasteiger charge is 2.27. The largest absolute Gasteiger partial charge is 0.469 e. The number of hydrogen-bond donors (Lipinski definition) is 2. The van der Waals surface area contributed by atoms with Crippen LogP contribution < -0.4 is 5.32 Å². The molecule has 0 radical (unpaired) electrons. The fourth-order valence-electron chi connectivity index (χ4n) is 1.22. The number of carbonyl (C=O) groups excluding carboxylic acids is 1. The molecule has 0 aromatic heterocycles. The van der Waals surface area contributed by atoms with Gasteiger partial charge < -0.3 is 19.9 Å². The molecule has 0 aromatic rings. The van der Waals surface area contributed by atoms with Crippen molar-refractivity contribution in [3.05, 3.63) is 0 Å². The van der Waals surface area contributed by atoms with Crippen LogP contribution in [0.1, 0.15) is 20.3 Å². The number of carbonyl (C=O) groups is 1. The minimum atomic E-state index is -0.499. The second-order valence-corrected chi connectivity index (χ2v) is 4.24. The van der Waals surface area contributed by atoms with Crippen molar-refractivity contribution in [3.63, 3.8) is 0 Å². The SMILES string of the molecule is COC(=O)C(C)(C)CNCCCOCCO. The molecular formula is C11H23NO4. The molecular weight excluding hydrogens is 210 g/mol. The Morgan fingerprint density at radius 2 is 2.06 bits per heavy atom.